The molecule has 6 aromatic rings. The number of hydrogen-bond acceptors (Lipinski definition) is 4. The third-order valence-corrected chi connectivity index (χ3v) is 9.48. The summed E-state index contributed by atoms with van der Waals surface area (Å²) in [6.07, 6.45) is 5.55. The molecule has 0 saturated heterocycles. The topological polar surface area (TPSA) is 97.8 Å². The lowest BCUT2D eigenvalue weighted by molar-refractivity contribution is 0.0258. The fourth-order valence-electron chi connectivity index (χ4n) is 7.18. The predicted octanol–water partition coefficient (Wildman–Crippen LogP) is 9.81. The zero-order valence-electron chi connectivity index (χ0n) is 27.0. The summed E-state index contributed by atoms with van der Waals surface area (Å²) in [4.78, 5) is 17.8. The van der Waals surface area contributed by atoms with Crippen LogP contribution in [0.4, 0.5) is 0 Å². The first kappa shape index (κ1) is 29.8. The number of aromatic nitrogens is 4. The van der Waals surface area contributed by atoms with Crippen LogP contribution in [-0.4, -0.2) is 30.1 Å². The van der Waals surface area contributed by atoms with Crippen LogP contribution in [0.25, 0.3) is 79.8 Å². The Bertz CT molecular complexity index is 2330. The van der Waals surface area contributed by atoms with Gasteiger partial charge in [-0.3, -0.25) is 0 Å². The van der Waals surface area contributed by atoms with Gasteiger partial charge in [0.05, 0.1) is 34.2 Å². The third kappa shape index (κ3) is 5.06. The zero-order valence-corrected chi connectivity index (χ0v) is 27.0. The molecule has 3 aliphatic rings. The molecule has 0 radical (unpaired) electrons. The van der Waals surface area contributed by atoms with E-state index < -0.39 is 12.2 Å². The highest BCUT2D eigenvalue weighted by Crippen LogP contribution is 2.44. The summed E-state index contributed by atoms with van der Waals surface area (Å²) in [5, 5.41) is 23.7. The summed E-state index contributed by atoms with van der Waals surface area (Å²) in [6.45, 7) is 0. The summed E-state index contributed by atoms with van der Waals surface area (Å²) in [5.41, 5.74) is 12.8. The van der Waals surface area contributed by atoms with E-state index in [0.717, 1.165) is 55.8 Å². The van der Waals surface area contributed by atoms with Crippen LogP contribution in [0.5, 0.6) is 0 Å². The molecule has 5 heterocycles. The van der Waals surface area contributed by atoms with E-state index in [1.165, 1.54) is 0 Å². The lowest BCUT2D eigenvalue weighted by atomic mass is 9.96. The van der Waals surface area contributed by atoms with E-state index in [2.05, 4.69) is 46.4 Å². The lowest BCUT2D eigenvalue weighted by Gasteiger charge is -2.14. The zero-order chi connectivity index (χ0) is 33.6. The minimum Gasteiger partial charge on any atom is -0.384 e. The minimum atomic E-state index is -1.24. The Morgan fingerprint density at radius 3 is 1.00 bits per heavy atom. The highest BCUT2D eigenvalue weighted by atomic mass is 16.3. The van der Waals surface area contributed by atoms with Crippen molar-refractivity contribution in [3.63, 3.8) is 0 Å². The van der Waals surface area contributed by atoms with Crippen LogP contribution >= 0.6 is 0 Å². The molecule has 50 heavy (non-hydrogen) atoms. The summed E-state index contributed by atoms with van der Waals surface area (Å²) in [7, 11) is 0. The molecule has 0 saturated carbocycles. The fourth-order valence-corrected chi connectivity index (χ4v) is 7.18. The van der Waals surface area contributed by atoms with Crippen LogP contribution < -0.4 is 0 Å². The van der Waals surface area contributed by atoms with Crippen molar-refractivity contribution >= 4 is 35.3 Å². The molecule has 0 fully saturated rings. The van der Waals surface area contributed by atoms with E-state index in [1.807, 2.05) is 121 Å². The van der Waals surface area contributed by atoms with Crippen molar-refractivity contribution in [2.24, 2.45) is 0 Å². The first-order valence-corrected chi connectivity index (χ1v) is 16.7. The molecule has 8 bridgehead atoms. The molecule has 0 unspecified atom stereocenters. The fraction of sp³-hybridized carbons (Fsp3) is 0.0455. The van der Waals surface area contributed by atoms with Gasteiger partial charge in [-0.15, -0.1) is 0 Å². The monoisotopic (exact) mass is 648 g/mol. The smallest absolute Gasteiger partial charge is 0.126 e. The second-order valence-electron chi connectivity index (χ2n) is 12.5. The van der Waals surface area contributed by atoms with E-state index in [4.69, 9.17) is 9.97 Å². The summed E-state index contributed by atoms with van der Waals surface area (Å²) in [5.74, 6) is 0. The van der Waals surface area contributed by atoms with Gasteiger partial charge in [-0.25, -0.2) is 9.97 Å². The number of hydrogen-bond donors (Lipinski definition) is 4. The van der Waals surface area contributed by atoms with E-state index in [0.29, 0.717) is 33.9 Å². The van der Waals surface area contributed by atoms with Crippen LogP contribution in [0.15, 0.2) is 133 Å². The molecule has 6 heteroatoms. The van der Waals surface area contributed by atoms with Gasteiger partial charge in [-0.05, 0) is 58.7 Å². The van der Waals surface area contributed by atoms with Gasteiger partial charge >= 0.3 is 0 Å². The number of aromatic amines is 2. The number of nitrogens with zero attached hydrogens (tertiary/aromatic N) is 2. The van der Waals surface area contributed by atoms with Gasteiger partial charge in [0.15, 0.2) is 0 Å². The molecule has 6 nitrogen and oxygen atoms in total. The molecule has 0 spiro atoms. The van der Waals surface area contributed by atoms with Crippen molar-refractivity contribution in [3.8, 4) is 44.5 Å². The average Bonchev–Trinajstić information content (AvgIpc) is 3.99. The molecule has 0 aliphatic carbocycles. The lowest BCUT2D eigenvalue weighted by Crippen LogP contribution is -2.06. The molecule has 2 aromatic heterocycles. The third-order valence-electron chi connectivity index (χ3n) is 9.48. The summed E-state index contributed by atoms with van der Waals surface area (Å²) < 4.78 is 0. The van der Waals surface area contributed by atoms with Gasteiger partial charge in [0.1, 0.15) is 12.2 Å². The van der Waals surface area contributed by atoms with Crippen LogP contribution in [0, 0.1) is 0 Å². The molecule has 9 rings (SSSR count). The normalized spacial score (nSPS) is 15.6. The van der Waals surface area contributed by atoms with E-state index in [1.54, 1.807) is 0 Å². The van der Waals surface area contributed by atoms with E-state index in [-0.39, 0.29) is 0 Å². The van der Waals surface area contributed by atoms with Gasteiger partial charge in [-0.2, -0.15) is 0 Å². The highest BCUT2D eigenvalue weighted by molar-refractivity contribution is 5.96. The van der Waals surface area contributed by atoms with Crippen molar-refractivity contribution in [3.05, 3.63) is 168 Å². The molecule has 2 atom stereocenters. The Kier molecular flexibility index (Phi) is 7.31. The molecule has 240 valence electrons. The Labute approximate surface area is 289 Å². The number of benzene rings is 4. The molecule has 4 aromatic carbocycles. The largest absolute Gasteiger partial charge is 0.384 e. The Balaban J connectivity index is 1.50. The minimum absolute atomic E-state index is 0.482. The van der Waals surface area contributed by atoms with Crippen molar-refractivity contribution in [1.82, 2.24) is 19.9 Å². The summed E-state index contributed by atoms with van der Waals surface area (Å²) >= 11 is 0. The Hall–Kier alpha value is -6.34. The molecular weight excluding hydrogens is 617 g/mol. The van der Waals surface area contributed by atoms with Crippen LogP contribution in [-0.2, 0) is 0 Å². The number of nitrogens with one attached hydrogen (secondary N) is 2. The van der Waals surface area contributed by atoms with Gasteiger partial charge < -0.3 is 20.2 Å². The first-order valence-electron chi connectivity index (χ1n) is 16.7. The standard InChI is InChI=1S/C44H32N4O2/c49-43-41-39(29-17-9-3-10-18-29)35-25-23-33(46-35)37(27-13-5-1-6-14-27)31-21-22-32(45-31)38(28-15-7-2-8-16-28)34-24-26-36(47-34)40(42(48-41)44(43)50)30-19-11-4-12-20-30/h1-26,43-45,48-50H/t43-,44+. The van der Waals surface area contributed by atoms with Crippen LogP contribution in [0.3, 0.4) is 0 Å². The maximum atomic E-state index is 11.9. The predicted molar refractivity (Wildman–Crippen MR) is 202 cm³/mol. The molecule has 4 N–H and O–H groups in total. The maximum absolute atomic E-state index is 11.9. The Morgan fingerprint density at radius 2 is 0.660 bits per heavy atom. The van der Waals surface area contributed by atoms with Gasteiger partial charge in [0.2, 0.25) is 0 Å². The second-order valence-corrected chi connectivity index (χ2v) is 12.5. The number of fused-ring (bicyclic) bond motifs is 8. The number of aliphatic hydroxyl groups is 2. The van der Waals surface area contributed by atoms with E-state index in [9.17, 15) is 10.2 Å². The second kappa shape index (κ2) is 12.3. The van der Waals surface area contributed by atoms with E-state index >= 15 is 0 Å². The van der Waals surface area contributed by atoms with Crippen LogP contribution in [0.2, 0.25) is 0 Å². The summed E-state index contributed by atoms with van der Waals surface area (Å²) in [6, 6.07) is 44.5. The van der Waals surface area contributed by atoms with Crippen molar-refractivity contribution < 1.29 is 10.2 Å². The van der Waals surface area contributed by atoms with Gasteiger partial charge in [-0.1, -0.05) is 121 Å². The van der Waals surface area contributed by atoms with Crippen molar-refractivity contribution in [2.45, 2.75) is 12.2 Å². The van der Waals surface area contributed by atoms with Gasteiger partial charge in [0.25, 0.3) is 0 Å². The Morgan fingerprint density at radius 1 is 0.360 bits per heavy atom. The number of rotatable bonds is 4. The highest BCUT2D eigenvalue weighted by Gasteiger charge is 2.34. The van der Waals surface area contributed by atoms with Crippen LogP contribution in [0.1, 0.15) is 46.4 Å². The molecule has 0 amide bonds. The molecular formula is C44H32N4O2. The van der Waals surface area contributed by atoms with Crippen molar-refractivity contribution in [1.29, 1.82) is 0 Å². The van der Waals surface area contributed by atoms with Crippen molar-refractivity contribution in [2.75, 3.05) is 0 Å². The SMILES string of the molecule is O[C@@H]1c2[nH]c(c(-c3ccccc3)c3nc(c(-c4ccccc4)c4ccc([nH]4)c(-c4ccccc4)c4nc(c2-c2ccccc2)C=C4)C=C3)[C@@H]1O. The molecule has 3 aliphatic heterocycles. The number of H-pyrrole nitrogens is 2. The number of aliphatic hydroxyl groups excluding tert-OH is 2. The first-order chi connectivity index (χ1) is 24.6. The maximum Gasteiger partial charge on any atom is 0.126 e. The quantitative estimate of drug-likeness (QED) is 0.153. The average molecular weight is 649 g/mol. The van der Waals surface area contributed by atoms with Gasteiger partial charge in [0, 0.05) is 33.3 Å².